The van der Waals surface area contributed by atoms with Gasteiger partial charge in [0.2, 0.25) is 5.91 Å². The summed E-state index contributed by atoms with van der Waals surface area (Å²) in [4.78, 5) is 23.3. The van der Waals surface area contributed by atoms with Crippen LogP contribution in [0.15, 0.2) is 29.2 Å². The number of hydrogen-bond donors (Lipinski definition) is 2. The van der Waals surface area contributed by atoms with Gasteiger partial charge in [0.1, 0.15) is 6.54 Å². The van der Waals surface area contributed by atoms with E-state index in [4.69, 9.17) is 5.11 Å². The first-order valence-corrected chi connectivity index (χ1v) is 6.26. The summed E-state index contributed by atoms with van der Waals surface area (Å²) in [6.07, 6.45) is 4.40. The molecule has 1 saturated carbocycles. The molecular formula is C13H18N2O3. The summed E-state index contributed by atoms with van der Waals surface area (Å²) in [5.41, 5.74) is -0.183. The highest BCUT2D eigenvalue weighted by molar-refractivity contribution is 5.76. The number of amides is 1. The standard InChI is InChI=1S/C13H18N2O3/c16-8-6-11(10-4-5-10)14-12(17)9-15-7-2-1-3-13(15)18/h1-3,7,10-11,16H,4-6,8-9H2,(H,14,17). The van der Waals surface area contributed by atoms with Crippen LogP contribution in [0.25, 0.3) is 0 Å². The molecule has 2 rings (SSSR count). The van der Waals surface area contributed by atoms with Crippen molar-refractivity contribution in [3.63, 3.8) is 0 Å². The molecule has 5 nitrogen and oxygen atoms in total. The Kier molecular flexibility index (Phi) is 4.15. The highest BCUT2D eigenvalue weighted by Gasteiger charge is 2.31. The normalized spacial score (nSPS) is 16.3. The molecule has 0 aliphatic heterocycles. The number of carbonyl (C=O) groups is 1. The summed E-state index contributed by atoms with van der Waals surface area (Å²) in [6.45, 7) is 0.112. The van der Waals surface area contributed by atoms with Crippen LogP contribution in [0.2, 0.25) is 0 Å². The van der Waals surface area contributed by atoms with Crippen LogP contribution in [-0.2, 0) is 11.3 Å². The first kappa shape index (κ1) is 12.8. The van der Waals surface area contributed by atoms with Gasteiger partial charge in [-0.3, -0.25) is 9.59 Å². The zero-order valence-corrected chi connectivity index (χ0v) is 10.2. The zero-order chi connectivity index (χ0) is 13.0. The molecule has 98 valence electrons. The number of nitrogens with one attached hydrogen (secondary N) is 1. The third-order valence-electron chi connectivity index (χ3n) is 3.19. The lowest BCUT2D eigenvalue weighted by molar-refractivity contribution is -0.122. The molecule has 0 bridgehead atoms. The Balaban J connectivity index is 1.91. The third kappa shape index (κ3) is 3.43. The summed E-state index contributed by atoms with van der Waals surface area (Å²) in [5.74, 6) is 0.322. The van der Waals surface area contributed by atoms with E-state index in [0.29, 0.717) is 12.3 Å². The van der Waals surface area contributed by atoms with Crippen molar-refractivity contribution >= 4 is 5.91 Å². The maximum Gasteiger partial charge on any atom is 0.250 e. The minimum Gasteiger partial charge on any atom is -0.396 e. The molecule has 5 heteroatoms. The van der Waals surface area contributed by atoms with Gasteiger partial charge in [0.15, 0.2) is 0 Å². The zero-order valence-electron chi connectivity index (χ0n) is 10.2. The van der Waals surface area contributed by atoms with Gasteiger partial charge < -0.3 is 15.0 Å². The molecule has 0 saturated heterocycles. The van der Waals surface area contributed by atoms with Gasteiger partial charge in [0, 0.05) is 24.9 Å². The Morgan fingerprint density at radius 3 is 2.89 bits per heavy atom. The molecule has 1 aliphatic carbocycles. The maximum atomic E-state index is 11.8. The van der Waals surface area contributed by atoms with Gasteiger partial charge in [0.05, 0.1) is 0 Å². The van der Waals surface area contributed by atoms with Crippen LogP contribution in [0, 0.1) is 5.92 Å². The number of aliphatic hydroxyl groups is 1. The molecular weight excluding hydrogens is 232 g/mol. The number of aliphatic hydroxyl groups excluding tert-OH is 1. The van der Waals surface area contributed by atoms with E-state index < -0.39 is 0 Å². The Morgan fingerprint density at radius 2 is 2.28 bits per heavy atom. The number of pyridine rings is 1. The Bertz CT molecular complexity index is 465. The molecule has 0 aromatic carbocycles. The molecule has 1 heterocycles. The van der Waals surface area contributed by atoms with Crippen LogP contribution in [0.4, 0.5) is 0 Å². The fourth-order valence-electron chi connectivity index (χ4n) is 2.06. The van der Waals surface area contributed by atoms with Crippen LogP contribution in [-0.4, -0.2) is 28.2 Å². The highest BCUT2D eigenvalue weighted by atomic mass is 16.3. The van der Waals surface area contributed by atoms with Crippen molar-refractivity contribution in [3.05, 3.63) is 34.7 Å². The lowest BCUT2D eigenvalue weighted by atomic mass is 10.1. The highest BCUT2D eigenvalue weighted by Crippen LogP contribution is 2.33. The van der Waals surface area contributed by atoms with E-state index in [-0.39, 0.29) is 30.7 Å². The molecule has 0 spiro atoms. The molecule has 1 aromatic rings. The van der Waals surface area contributed by atoms with Gasteiger partial charge in [-0.2, -0.15) is 0 Å². The van der Waals surface area contributed by atoms with Crippen molar-refractivity contribution in [3.8, 4) is 0 Å². The van der Waals surface area contributed by atoms with Crippen molar-refractivity contribution in [2.75, 3.05) is 6.61 Å². The van der Waals surface area contributed by atoms with Crippen molar-refractivity contribution in [2.24, 2.45) is 5.92 Å². The Hall–Kier alpha value is -1.62. The molecule has 0 radical (unpaired) electrons. The number of rotatable bonds is 6. The average Bonchev–Trinajstić information content (AvgIpc) is 3.16. The van der Waals surface area contributed by atoms with Gasteiger partial charge in [-0.05, 0) is 31.2 Å². The number of carbonyl (C=O) groups excluding carboxylic acids is 1. The van der Waals surface area contributed by atoms with Gasteiger partial charge >= 0.3 is 0 Å². The SMILES string of the molecule is O=C(Cn1ccccc1=O)NC(CCO)C1CC1. The summed E-state index contributed by atoms with van der Waals surface area (Å²) >= 11 is 0. The lowest BCUT2D eigenvalue weighted by Crippen LogP contribution is -2.40. The predicted molar refractivity (Wildman–Crippen MR) is 67.1 cm³/mol. The van der Waals surface area contributed by atoms with E-state index >= 15 is 0 Å². The first-order valence-electron chi connectivity index (χ1n) is 6.26. The van der Waals surface area contributed by atoms with E-state index in [1.165, 1.54) is 10.6 Å². The average molecular weight is 250 g/mol. The van der Waals surface area contributed by atoms with E-state index in [1.54, 1.807) is 18.3 Å². The van der Waals surface area contributed by atoms with Crippen LogP contribution in [0.5, 0.6) is 0 Å². The molecule has 1 aliphatic rings. The van der Waals surface area contributed by atoms with Crippen molar-refractivity contribution in [1.29, 1.82) is 0 Å². The maximum absolute atomic E-state index is 11.8. The lowest BCUT2D eigenvalue weighted by Gasteiger charge is -2.17. The van der Waals surface area contributed by atoms with E-state index in [1.807, 2.05) is 0 Å². The van der Waals surface area contributed by atoms with E-state index in [2.05, 4.69) is 5.32 Å². The Morgan fingerprint density at radius 1 is 1.50 bits per heavy atom. The molecule has 2 N–H and O–H groups in total. The Labute approximate surface area is 105 Å². The van der Waals surface area contributed by atoms with Crippen LogP contribution < -0.4 is 10.9 Å². The topological polar surface area (TPSA) is 71.3 Å². The monoisotopic (exact) mass is 250 g/mol. The van der Waals surface area contributed by atoms with Crippen LogP contribution in [0.1, 0.15) is 19.3 Å². The van der Waals surface area contributed by atoms with Crippen molar-refractivity contribution in [1.82, 2.24) is 9.88 Å². The predicted octanol–water partition coefficient (Wildman–Crippen LogP) is 0.125. The summed E-state index contributed by atoms with van der Waals surface area (Å²) < 4.78 is 1.37. The fourth-order valence-corrected chi connectivity index (χ4v) is 2.06. The second-order valence-corrected chi connectivity index (χ2v) is 4.69. The van der Waals surface area contributed by atoms with E-state index in [0.717, 1.165) is 12.8 Å². The summed E-state index contributed by atoms with van der Waals surface area (Å²) in [5, 5.41) is 11.9. The molecule has 1 unspecified atom stereocenters. The van der Waals surface area contributed by atoms with Crippen molar-refractivity contribution < 1.29 is 9.90 Å². The minimum absolute atomic E-state index is 0.0360. The summed E-state index contributed by atoms with van der Waals surface area (Å²) in [6, 6.07) is 4.84. The van der Waals surface area contributed by atoms with E-state index in [9.17, 15) is 9.59 Å². The fraction of sp³-hybridized carbons (Fsp3) is 0.538. The molecule has 1 amide bonds. The number of aromatic nitrogens is 1. The van der Waals surface area contributed by atoms with Crippen LogP contribution >= 0.6 is 0 Å². The summed E-state index contributed by atoms with van der Waals surface area (Å²) in [7, 11) is 0. The number of hydrogen-bond acceptors (Lipinski definition) is 3. The molecule has 1 fully saturated rings. The van der Waals surface area contributed by atoms with Gasteiger partial charge in [0.25, 0.3) is 5.56 Å². The molecule has 1 aromatic heterocycles. The quantitative estimate of drug-likeness (QED) is 0.753. The molecule has 18 heavy (non-hydrogen) atoms. The second-order valence-electron chi connectivity index (χ2n) is 4.69. The van der Waals surface area contributed by atoms with Gasteiger partial charge in [-0.1, -0.05) is 6.07 Å². The third-order valence-corrected chi connectivity index (χ3v) is 3.19. The minimum atomic E-state index is -0.183. The molecule has 1 atom stereocenters. The second kappa shape index (κ2) is 5.82. The van der Waals surface area contributed by atoms with Gasteiger partial charge in [-0.15, -0.1) is 0 Å². The van der Waals surface area contributed by atoms with Crippen LogP contribution in [0.3, 0.4) is 0 Å². The first-order chi connectivity index (χ1) is 8.70. The van der Waals surface area contributed by atoms with Crippen molar-refractivity contribution in [2.45, 2.75) is 31.8 Å². The number of nitrogens with zero attached hydrogens (tertiary/aromatic N) is 1. The smallest absolute Gasteiger partial charge is 0.250 e. The largest absolute Gasteiger partial charge is 0.396 e. The van der Waals surface area contributed by atoms with Gasteiger partial charge in [-0.25, -0.2) is 0 Å².